The van der Waals surface area contributed by atoms with Crippen LogP contribution in [-0.4, -0.2) is 46.2 Å². The molecular formula is C27H33ClN4O3. The molecule has 0 unspecified atom stereocenters. The molecule has 1 aromatic heterocycles. The Morgan fingerprint density at radius 3 is 2.43 bits per heavy atom. The van der Waals surface area contributed by atoms with Crippen LogP contribution in [0.4, 0.5) is 5.82 Å². The van der Waals surface area contributed by atoms with Gasteiger partial charge in [-0.3, -0.25) is 9.59 Å². The maximum atomic E-state index is 13.0. The number of hydrogen-bond acceptors (Lipinski definition) is 4. The molecule has 0 aliphatic carbocycles. The second kappa shape index (κ2) is 11.4. The van der Waals surface area contributed by atoms with Crippen molar-refractivity contribution >= 4 is 29.2 Å². The number of rotatable bonds is 9. The number of aryl methyl sites for hydroxylation is 1. The third-order valence-electron chi connectivity index (χ3n) is 5.45. The fraction of sp³-hybridized carbons (Fsp3) is 0.370. The number of ether oxygens (including phenoxy) is 1. The van der Waals surface area contributed by atoms with Gasteiger partial charge >= 0.3 is 0 Å². The van der Waals surface area contributed by atoms with Gasteiger partial charge in [-0.15, -0.1) is 0 Å². The Hall–Kier alpha value is -3.32. The molecule has 0 atom stereocenters. The molecule has 7 nitrogen and oxygen atoms in total. The Balaban J connectivity index is 1.74. The van der Waals surface area contributed by atoms with Gasteiger partial charge in [-0.2, -0.15) is 5.10 Å². The Morgan fingerprint density at radius 2 is 1.80 bits per heavy atom. The molecule has 0 saturated carbocycles. The molecule has 186 valence electrons. The van der Waals surface area contributed by atoms with Gasteiger partial charge in [0.1, 0.15) is 18.1 Å². The summed E-state index contributed by atoms with van der Waals surface area (Å²) in [5.41, 5.74) is 2.58. The van der Waals surface area contributed by atoms with E-state index in [-0.39, 0.29) is 30.4 Å². The Kier molecular flexibility index (Phi) is 8.57. The van der Waals surface area contributed by atoms with E-state index in [2.05, 4.69) is 26.1 Å². The van der Waals surface area contributed by atoms with Gasteiger partial charge in [-0.1, -0.05) is 57.5 Å². The molecule has 1 heterocycles. The molecule has 8 heteroatoms. The summed E-state index contributed by atoms with van der Waals surface area (Å²) >= 11 is 5.89. The molecule has 0 radical (unpaired) electrons. The van der Waals surface area contributed by atoms with Crippen LogP contribution < -0.4 is 10.1 Å². The zero-order valence-electron chi connectivity index (χ0n) is 21.0. The van der Waals surface area contributed by atoms with E-state index in [1.807, 2.05) is 44.2 Å². The maximum absolute atomic E-state index is 13.0. The molecule has 0 saturated heterocycles. The number of benzene rings is 2. The Morgan fingerprint density at radius 1 is 1.11 bits per heavy atom. The number of para-hydroxylation sites is 1. The molecule has 35 heavy (non-hydrogen) atoms. The highest BCUT2D eigenvalue weighted by Crippen LogP contribution is 2.27. The van der Waals surface area contributed by atoms with Gasteiger partial charge in [0.15, 0.2) is 6.61 Å². The highest BCUT2D eigenvalue weighted by Gasteiger charge is 2.23. The van der Waals surface area contributed by atoms with Crippen molar-refractivity contribution in [3.05, 3.63) is 70.9 Å². The lowest BCUT2D eigenvalue weighted by molar-refractivity contribution is -0.136. The molecular weight excluding hydrogens is 464 g/mol. The van der Waals surface area contributed by atoms with E-state index in [1.54, 1.807) is 28.9 Å². The minimum atomic E-state index is -0.298. The van der Waals surface area contributed by atoms with Gasteiger partial charge in [0, 0.05) is 23.0 Å². The SMILES string of the molecule is CCCN(CC(=O)Nc1cc(C(C)(C)C)nn1-c1ccccc1C)C(=O)COc1ccc(Cl)cc1. The van der Waals surface area contributed by atoms with E-state index in [0.717, 1.165) is 23.4 Å². The molecule has 1 N–H and O–H groups in total. The van der Waals surface area contributed by atoms with Crippen molar-refractivity contribution in [3.63, 3.8) is 0 Å². The van der Waals surface area contributed by atoms with Crippen LogP contribution in [0, 0.1) is 6.92 Å². The highest BCUT2D eigenvalue weighted by molar-refractivity contribution is 6.30. The molecule has 0 fully saturated rings. The molecule has 0 bridgehead atoms. The monoisotopic (exact) mass is 496 g/mol. The van der Waals surface area contributed by atoms with Crippen molar-refractivity contribution in [1.82, 2.24) is 14.7 Å². The van der Waals surface area contributed by atoms with Crippen molar-refractivity contribution in [1.29, 1.82) is 0 Å². The van der Waals surface area contributed by atoms with Gasteiger partial charge in [0.05, 0.1) is 11.4 Å². The summed E-state index contributed by atoms with van der Waals surface area (Å²) in [5.74, 6) is 0.546. The van der Waals surface area contributed by atoms with Crippen LogP contribution in [0.1, 0.15) is 45.4 Å². The molecule has 2 aromatic carbocycles. The summed E-state index contributed by atoms with van der Waals surface area (Å²) in [5, 5.41) is 8.33. The first-order valence-electron chi connectivity index (χ1n) is 11.7. The number of carbonyl (C=O) groups excluding carboxylic acids is 2. The molecule has 2 amide bonds. The predicted octanol–water partition coefficient (Wildman–Crippen LogP) is 5.39. The van der Waals surface area contributed by atoms with Crippen molar-refractivity contribution < 1.29 is 14.3 Å². The van der Waals surface area contributed by atoms with E-state index in [0.29, 0.717) is 23.1 Å². The number of nitrogens with zero attached hydrogens (tertiary/aromatic N) is 3. The summed E-state index contributed by atoms with van der Waals surface area (Å²) in [6.07, 6.45) is 0.718. The summed E-state index contributed by atoms with van der Waals surface area (Å²) < 4.78 is 7.34. The van der Waals surface area contributed by atoms with Crippen molar-refractivity contribution in [2.45, 2.75) is 46.5 Å². The normalized spacial score (nSPS) is 11.3. The van der Waals surface area contributed by atoms with E-state index in [4.69, 9.17) is 21.4 Å². The van der Waals surface area contributed by atoms with Crippen LogP contribution in [0.15, 0.2) is 54.6 Å². The second-order valence-electron chi connectivity index (χ2n) is 9.47. The van der Waals surface area contributed by atoms with Gasteiger partial charge in [0.2, 0.25) is 5.91 Å². The molecule has 0 spiro atoms. The maximum Gasteiger partial charge on any atom is 0.260 e. The fourth-order valence-electron chi connectivity index (χ4n) is 3.51. The van der Waals surface area contributed by atoms with Crippen LogP contribution in [-0.2, 0) is 15.0 Å². The number of nitrogens with one attached hydrogen (secondary N) is 1. The van der Waals surface area contributed by atoms with Crippen LogP contribution in [0.5, 0.6) is 5.75 Å². The summed E-state index contributed by atoms with van der Waals surface area (Å²) in [6, 6.07) is 16.6. The second-order valence-corrected chi connectivity index (χ2v) is 9.91. The minimum absolute atomic E-state index is 0.0829. The Labute approximate surface area is 212 Å². The van der Waals surface area contributed by atoms with Crippen molar-refractivity contribution in [3.8, 4) is 11.4 Å². The van der Waals surface area contributed by atoms with Crippen molar-refractivity contribution in [2.75, 3.05) is 25.0 Å². The van der Waals surface area contributed by atoms with E-state index in [1.165, 1.54) is 4.90 Å². The lowest BCUT2D eigenvalue weighted by Crippen LogP contribution is -2.41. The average Bonchev–Trinajstić information content (AvgIpc) is 3.22. The van der Waals surface area contributed by atoms with Crippen LogP contribution >= 0.6 is 11.6 Å². The quantitative estimate of drug-likeness (QED) is 0.431. The standard InChI is InChI=1S/C27H33ClN4O3/c1-6-15-31(26(34)18-35-21-13-11-20(28)12-14-21)17-25(33)29-24-16-23(27(3,4)5)30-32(24)22-10-8-7-9-19(22)2/h7-14,16H,6,15,17-18H2,1-5H3,(H,29,33). The van der Waals surface area contributed by atoms with E-state index >= 15 is 0 Å². The van der Waals surface area contributed by atoms with Crippen LogP contribution in [0.3, 0.4) is 0 Å². The third-order valence-corrected chi connectivity index (χ3v) is 5.70. The van der Waals surface area contributed by atoms with Crippen LogP contribution in [0.25, 0.3) is 5.69 Å². The number of aromatic nitrogens is 2. The topological polar surface area (TPSA) is 76.5 Å². The first-order chi connectivity index (χ1) is 16.6. The number of anilines is 1. The summed E-state index contributed by atoms with van der Waals surface area (Å²) in [7, 11) is 0. The number of carbonyl (C=O) groups is 2. The minimum Gasteiger partial charge on any atom is -0.484 e. The first kappa shape index (κ1) is 26.3. The van der Waals surface area contributed by atoms with Crippen LogP contribution in [0.2, 0.25) is 5.02 Å². The highest BCUT2D eigenvalue weighted by atomic mass is 35.5. The summed E-state index contributed by atoms with van der Waals surface area (Å²) in [6.45, 7) is 10.4. The smallest absolute Gasteiger partial charge is 0.260 e. The van der Waals surface area contributed by atoms with E-state index < -0.39 is 0 Å². The predicted molar refractivity (Wildman–Crippen MR) is 139 cm³/mol. The van der Waals surface area contributed by atoms with Gasteiger partial charge in [-0.05, 0) is 49.2 Å². The number of amides is 2. The molecule has 3 rings (SSSR count). The zero-order chi connectivity index (χ0) is 25.6. The summed E-state index contributed by atoms with van der Waals surface area (Å²) in [4.78, 5) is 27.4. The third kappa shape index (κ3) is 7.09. The average molecular weight is 497 g/mol. The first-order valence-corrected chi connectivity index (χ1v) is 12.1. The van der Waals surface area contributed by atoms with Gasteiger partial charge in [-0.25, -0.2) is 4.68 Å². The van der Waals surface area contributed by atoms with E-state index in [9.17, 15) is 9.59 Å². The Bertz CT molecular complexity index is 1170. The molecule has 3 aromatic rings. The fourth-order valence-corrected chi connectivity index (χ4v) is 3.63. The van der Waals surface area contributed by atoms with Crippen molar-refractivity contribution in [2.24, 2.45) is 0 Å². The van der Waals surface area contributed by atoms with Gasteiger partial charge < -0.3 is 15.0 Å². The molecule has 0 aliphatic rings. The number of hydrogen-bond donors (Lipinski definition) is 1. The van der Waals surface area contributed by atoms with Gasteiger partial charge in [0.25, 0.3) is 5.91 Å². The zero-order valence-corrected chi connectivity index (χ0v) is 21.7. The largest absolute Gasteiger partial charge is 0.484 e. The molecule has 0 aliphatic heterocycles. The lowest BCUT2D eigenvalue weighted by atomic mass is 9.92. The lowest BCUT2D eigenvalue weighted by Gasteiger charge is -2.22. The number of halogens is 1.